The summed E-state index contributed by atoms with van der Waals surface area (Å²) >= 11 is 15.6. The van der Waals surface area contributed by atoms with Gasteiger partial charge in [-0.25, -0.2) is 0 Å². The van der Waals surface area contributed by atoms with E-state index in [-0.39, 0.29) is 16.9 Å². The number of rotatable bonds is 4. The van der Waals surface area contributed by atoms with Gasteiger partial charge in [0.15, 0.2) is 5.11 Å². The number of fused-ring (bicyclic) bond motifs is 1. The number of piperazine rings is 1. The van der Waals surface area contributed by atoms with E-state index in [0.29, 0.717) is 42.5 Å². The maximum absolute atomic E-state index is 13.0. The van der Waals surface area contributed by atoms with Gasteiger partial charge in [0, 0.05) is 47.5 Å². The van der Waals surface area contributed by atoms with Crippen LogP contribution in [0.5, 0.6) is 0 Å². The fraction of sp³-hybridized carbons (Fsp3) is 0.167. The summed E-state index contributed by atoms with van der Waals surface area (Å²) in [5.41, 5.74) is 3.82. The van der Waals surface area contributed by atoms with Crippen molar-refractivity contribution in [1.29, 1.82) is 0 Å². The van der Waals surface area contributed by atoms with E-state index in [9.17, 15) is 9.59 Å². The smallest absolute Gasteiger partial charge is 0.258 e. The Morgan fingerprint density at radius 2 is 1.56 bits per heavy atom. The Balaban J connectivity index is 1.20. The number of nitrogens with one attached hydrogen (secondary N) is 2. The highest BCUT2D eigenvalue weighted by Gasteiger charge is 2.24. The Morgan fingerprint density at radius 3 is 2.31 bits per heavy atom. The molecule has 1 fully saturated rings. The van der Waals surface area contributed by atoms with E-state index < -0.39 is 0 Å². The number of amides is 2. The highest BCUT2D eigenvalue weighted by Crippen LogP contribution is 2.30. The Hall–Kier alpha value is -3.46. The number of hydrogen-bond donors (Lipinski definition) is 2. The maximum Gasteiger partial charge on any atom is 0.258 e. The van der Waals surface area contributed by atoms with Gasteiger partial charge in [0.1, 0.15) is 0 Å². The summed E-state index contributed by atoms with van der Waals surface area (Å²) in [6.07, 6.45) is 0. The third kappa shape index (κ3) is 5.93. The molecule has 0 radical (unpaired) electrons. The van der Waals surface area contributed by atoms with Crippen molar-refractivity contribution in [3.63, 3.8) is 0 Å². The summed E-state index contributed by atoms with van der Waals surface area (Å²) in [5.74, 6) is -0.234. The molecule has 0 aliphatic carbocycles. The molecular weight excluding hydrogens is 596 g/mol. The van der Waals surface area contributed by atoms with E-state index in [1.54, 1.807) is 12.1 Å². The summed E-state index contributed by atoms with van der Waals surface area (Å²) in [5, 5.41) is 8.34. The summed E-state index contributed by atoms with van der Waals surface area (Å²) in [4.78, 5) is 30.0. The fourth-order valence-electron chi connectivity index (χ4n) is 4.78. The number of hydrogen-bond acceptors (Lipinski definition) is 4. The van der Waals surface area contributed by atoms with E-state index in [1.165, 1.54) is 0 Å². The van der Waals surface area contributed by atoms with Crippen molar-refractivity contribution in [2.75, 3.05) is 36.4 Å². The lowest BCUT2D eigenvalue weighted by atomic mass is 10.0. The molecule has 198 valence electrons. The molecule has 9 heteroatoms. The van der Waals surface area contributed by atoms with E-state index >= 15 is 0 Å². The van der Waals surface area contributed by atoms with Crippen LogP contribution in [0.1, 0.15) is 26.3 Å². The Morgan fingerprint density at radius 1 is 0.872 bits per heavy atom. The number of carbonyl (C=O) groups is 2. The summed E-state index contributed by atoms with van der Waals surface area (Å²) in [6, 6.07) is 24.6. The van der Waals surface area contributed by atoms with E-state index in [1.807, 2.05) is 78.6 Å². The zero-order valence-electron chi connectivity index (χ0n) is 21.2. The first-order valence-corrected chi connectivity index (χ1v) is 14.1. The minimum absolute atomic E-state index is 0.0603. The van der Waals surface area contributed by atoms with Crippen molar-refractivity contribution >= 4 is 78.8 Å². The number of thiocarbonyl (C=S) groups is 1. The Kier molecular flexibility index (Phi) is 8.16. The second kappa shape index (κ2) is 11.7. The average molecular weight is 622 g/mol. The van der Waals surface area contributed by atoms with Crippen molar-refractivity contribution in [3.8, 4) is 0 Å². The molecule has 6 nitrogen and oxygen atoms in total. The first-order valence-electron chi connectivity index (χ1n) is 12.5. The Bertz CT molecular complexity index is 1590. The van der Waals surface area contributed by atoms with E-state index in [4.69, 9.17) is 23.8 Å². The van der Waals surface area contributed by atoms with Gasteiger partial charge >= 0.3 is 0 Å². The van der Waals surface area contributed by atoms with Crippen LogP contribution in [0.15, 0.2) is 83.3 Å². The monoisotopic (exact) mass is 620 g/mol. The van der Waals surface area contributed by atoms with Gasteiger partial charge in [-0.1, -0.05) is 70.0 Å². The largest absolute Gasteiger partial charge is 0.367 e. The van der Waals surface area contributed by atoms with Crippen LogP contribution in [-0.4, -0.2) is 48.0 Å². The minimum Gasteiger partial charge on any atom is -0.367 e. The second-order valence-corrected chi connectivity index (χ2v) is 11.0. The second-order valence-electron chi connectivity index (χ2n) is 9.31. The molecule has 4 aromatic carbocycles. The molecular formula is C30H26BrClN4O2S. The zero-order valence-corrected chi connectivity index (χ0v) is 24.4. The van der Waals surface area contributed by atoms with Crippen LogP contribution < -0.4 is 15.5 Å². The predicted molar refractivity (Wildman–Crippen MR) is 166 cm³/mol. The molecule has 0 unspecified atom stereocenters. The van der Waals surface area contributed by atoms with Crippen LogP contribution in [0, 0.1) is 6.92 Å². The van der Waals surface area contributed by atoms with Gasteiger partial charge in [0.2, 0.25) is 0 Å². The third-order valence-electron chi connectivity index (χ3n) is 6.83. The first kappa shape index (κ1) is 27.1. The molecule has 1 aliphatic heterocycles. The van der Waals surface area contributed by atoms with Gasteiger partial charge in [-0.2, -0.15) is 0 Å². The van der Waals surface area contributed by atoms with Crippen LogP contribution in [0.3, 0.4) is 0 Å². The lowest BCUT2D eigenvalue weighted by molar-refractivity contribution is 0.0746. The fourth-order valence-corrected chi connectivity index (χ4v) is 5.79. The normalized spacial score (nSPS) is 13.3. The lowest BCUT2D eigenvalue weighted by Gasteiger charge is -2.36. The average Bonchev–Trinajstić information content (AvgIpc) is 2.93. The van der Waals surface area contributed by atoms with Gasteiger partial charge in [-0.05, 0) is 71.9 Å². The SMILES string of the molecule is Cc1ccccc1C(=O)N1CCN(c2ccc(NC(=S)NC(=O)c3cccc4c(Br)cccc34)cc2Cl)CC1. The molecule has 4 aromatic rings. The highest BCUT2D eigenvalue weighted by atomic mass is 79.9. The number of benzene rings is 4. The number of halogens is 2. The highest BCUT2D eigenvalue weighted by molar-refractivity contribution is 9.10. The predicted octanol–water partition coefficient (Wildman–Crippen LogP) is 6.65. The maximum atomic E-state index is 13.0. The van der Waals surface area contributed by atoms with Gasteiger partial charge in [0.05, 0.1) is 10.7 Å². The minimum atomic E-state index is -0.294. The standard InChI is InChI=1S/C30H26BrClN4O2S/c1-19-6-2-3-7-21(19)29(38)36-16-14-35(15-17-36)27-13-12-20(18-26(27)32)33-30(39)34-28(37)24-10-4-9-23-22(24)8-5-11-25(23)31/h2-13,18H,14-17H2,1H3,(H2,33,34,37,39). The van der Waals surface area contributed by atoms with Crippen LogP contribution in [-0.2, 0) is 0 Å². The van der Waals surface area contributed by atoms with Crippen molar-refractivity contribution in [1.82, 2.24) is 10.2 Å². The summed E-state index contributed by atoms with van der Waals surface area (Å²) < 4.78 is 0.921. The zero-order chi connectivity index (χ0) is 27.5. The quantitative estimate of drug-likeness (QED) is 0.250. The van der Waals surface area contributed by atoms with E-state index in [0.717, 1.165) is 32.1 Å². The Labute approximate surface area is 246 Å². The van der Waals surface area contributed by atoms with Crippen molar-refractivity contribution in [2.24, 2.45) is 0 Å². The molecule has 0 spiro atoms. The molecule has 2 N–H and O–H groups in total. The van der Waals surface area contributed by atoms with Gasteiger partial charge < -0.3 is 15.1 Å². The third-order valence-corrected chi connectivity index (χ3v) is 8.03. The molecule has 39 heavy (non-hydrogen) atoms. The molecule has 1 aliphatic rings. The number of nitrogens with zero attached hydrogens (tertiary/aromatic N) is 2. The number of aryl methyl sites for hydroxylation is 1. The molecule has 1 saturated heterocycles. The number of anilines is 2. The first-order chi connectivity index (χ1) is 18.8. The van der Waals surface area contributed by atoms with Crippen molar-refractivity contribution in [2.45, 2.75) is 6.92 Å². The van der Waals surface area contributed by atoms with E-state index in [2.05, 4.69) is 31.5 Å². The van der Waals surface area contributed by atoms with Crippen LogP contribution in [0.25, 0.3) is 10.8 Å². The van der Waals surface area contributed by atoms with Crippen LogP contribution in [0.4, 0.5) is 11.4 Å². The van der Waals surface area contributed by atoms with Crippen LogP contribution in [0.2, 0.25) is 5.02 Å². The topological polar surface area (TPSA) is 64.7 Å². The van der Waals surface area contributed by atoms with Gasteiger partial charge in [0.25, 0.3) is 11.8 Å². The molecule has 0 atom stereocenters. The molecule has 0 aromatic heterocycles. The molecule has 0 saturated carbocycles. The molecule has 5 rings (SSSR count). The molecule has 0 bridgehead atoms. The van der Waals surface area contributed by atoms with Gasteiger partial charge in [-0.15, -0.1) is 0 Å². The lowest BCUT2D eigenvalue weighted by Crippen LogP contribution is -2.49. The number of carbonyl (C=O) groups excluding carboxylic acids is 2. The van der Waals surface area contributed by atoms with Crippen LogP contribution >= 0.6 is 39.7 Å². The molecule has 2 amide bonds. The summed E-state index contributed by atoms with van der Waals surface area (Å²) in [7, 11) is 0. The van der Waals surface area contributed by atoms with Crippen molar-refractivity contribution < 1.29 is 9.59 Å². The summed E-state index contributed by atoms with van der Waals surface area (Å²) in [6.45, 7) is 4.55. The molecule has 1 heterocycles. The van der Waals surface area contributed by atoms with Gasteiger partial charge in [-0.3, -0.25) is 14.9 Å². The van der Waals surface area contributed by atoms with Crippen molar-refractivity contribution in [3.05, 3.63) is 105 Å².